The molecule has 1 aliphatic carbocycles. The van der Waals surface area contributed by atoms with Crippen molar-refractivity contribution in [2.75, 3.05) is 57.4 Å². The van der Waals surface area contributed by atoms with E-state index in [4.69, 9.17) is 4.74 Å². The first-order chi connectivity index (χ1) is 10.9. The van der Waals surface area contributed by atoms with Crippen LogP contribution in [0.15, 0.2) is 0 Å². The van der Waals surface area contributed by atoms with E-state index in [1.165, 1.54) is 63.2 Å². The number of morpholine rings is 1. The lowest BCUT2D eigenvalue weighted by Gasteiger charge is -2.61. The Morgan fingerprint density at radius 3 is 2.45 bits per heavy atom. The first-order valence-electron chi connectivity index (χ1n) is 9.32. The van der Waals surface area contributed by atoms with E-state index < -0.39 is 0 Å². The minimum absolute atomic E-state index is 0.133. The second-order valence-electron chi connectivity index (χ2n) is 7.29. The van der Waals surface area contributed by atoms with Crippen LogP contribution in [0.1, 0.15) is 32.1 Å². The third-order valence-corrected chi connectivity index (χ3v) is 7.26. The molecule has 4 aliphatic rings. The van der Waals surface area contributed by atoms with Gasteiger partial charge in [0.25, 0.3) is 0 Å². The van der Waals surface area contributed by atoms with Crippen molar-refractivity contribution in [3.05, 3.63) is 0 Å². The van der Waals surface area contributed by atoms with Gasteiger partial charge in [-0.1, -0.05) is 12.8 Å². The summed E-state index contributed by atoms with van der Waals surface area (Å²) in [6.07, 6.45) is 7.15. The van der Waals surface area contributed by atoms with Crippen molar-refractivity contribution >= 4 is 11.8 Å². The van der Waals surface area contributed by atoms with Crippen LogP contribution in [0.5, 0.6) is 0 Å². The molecular weight excluding hydrogens is 294 g/mol. The first-order valence-corrected chi connectivity index (χ1v) is 10.5. The Bertz CT molecular complexity index is 349. The zero-order valence-corrected chi connectivity index (χ0v) is 14.6. The number of nitrogens with one attached hydrogen (secondary N) is 1. The zero-order chi connectivity index (χ0) is 14.8. The van der Waals surface area contributed by atoms with Crippen LogP contribution in [-0.2, 0) is 4.74 Å². The van der Waals surface area contributed by atoms with E-state index in [2.05, 4.69) is 26.9 Å². The van der Waals surface area contributed by atoms with Crippen LogP contribution in [0.2, 0.25) is 0 Å². The summed E-state index contributed by atoms with van der Waals surface area (Å²) >= 11 is 2.12. The summed E-state index contributed by atoms with van der Waals surface area (Å²) in [6, 6.07) is 0. The number of fused-ring (bicyclic) bond motifs is 1. The van der Waals surface area contributed by atoms with E-state index in [9.17, 15) is 0 Å². The lowest BCUT2D eigenvalue weighted by molar-refractivity contribution is -0.182. The molecule has 1 N–H and O–H groups in total. The maximum absolute atomic E-state index is 5.67. The molecule has 3 aliphatic heterocycles. The Labute approximate surface area is 139 Å². The summed E-state index contributed by atoms with van der Waals surface area (Å²) in [5, 5.41) is 4.06. The Hall–Kier alpha value is 0.190. The molecule has 3 heterocycles. The topological polar surface area (TPSA) is 27.7 Å². The quantitative estimate of drug-likeness (QED) is 0.836. The molecule has 0 aromatic carbocycles. The molecule has 4 nitrogen and oxygen atoms in total. The smallest absolute Gasteiger partial charge is 0.131 e. The summed E-state index contributed by atoms with van der Waals surface area (Å²) in [7, 11) is 0. The van der Waals surface area contributed by atoms with E-state index in [1.807, 2.05) is 0 Å². The van der Waals surface area contributed by atoms with Crippen LogP contribution >= 0.6 is 11.8 Å². The first kappa shape index (κ1) is 15.7. The maximum Gasteiger partial charge on any atom is 0.131 e. The summed E-state index contributed by atoms with van der Waals surface area (Å²) < 4.78 is 5.67. The molecule has 0 radical (unpaired) electrons. The van der Waals surface area contributed by atoms with Crippen molar-refractivity contribution in [1.29, 1.82) is 0 Å². The molecule has 0 aromatic rings. The third kappa shape index (κ3) is 2.73. The molecule has 4 fully saturated rings. The van der Waals surface area contributed by atoms with Crippen molar-refractivity contribution in [2.24, 2.45) is 11.8 Å². The molecule has 5 heteroatoms. The van der Waals surface area contributed by atoms with Gasteiger partial charge in [0.15, 0.2) is 0 Å². The number of rotatable bonds is 2. The van der Waals surface area contributed by atoms with Crippen molar-refractivity contribution in [2.45, 2.75) is 37.9 Å². The van der Waals surface area contributed by atoms with Gasteiger partial charge in [-0.2, -0.15) is 11.8 Å². The minimum atomic E-state index is 0.133. The molecule has 1 saturated carbocycles. The van der Waals surface area contributed by atoms with E-state index in [-0.39, 0.29) is 5.79 Å². The lowest BCUT2D eigenvalue weighted by Crippen LogP contribution is -2.77. The van der Waals surface area contributed by atoms with Gasteiger partial charge in [0.2, 0.25) is 0 Å². The minimum Gasteiger partial charge on any atom is -0.379 e. The number of hydrogen-bond donors (Lipinski definition) is 1. The van der Waals surface area contributed by atoms with Gasteiger partial charge in [0.05, 0.1) is 13.2 Å². The predicted octanol–water partition coefficient (Wildman–Crippen LogP) is 1.82. The predicted molar refractivity (Wildman–Crippen MR) is 92.1 cm³/mol. The number of ether oxygens (including phenoxy) is 1. The standard InChI is InChI=1S/C17H31N3OS/c1-2-4-16-15(3-1)5-6-18-17(16,19-7-11-21-12-8-19)20-9-13-22-14-10-20/h15-16,18H,1-14H2. The van der Waals surface area contributed by atoms with Gasteiger partial charge in [-0.3, -0.25) is 15.1 Å². The van der Waals surface area contributed by atoms with E-state index in [0.29, 0.717) is 0 Å². The summed E-state index contributed by atoms with van der Waals surface area (Å²) in [5.74, 6) is 4.48. The van der Waals surface area contributed by atoms with Crippen molar-refractivity contribution in [3.8, 4) is 0 Å². The normalized spacial score (nSPS) is 42.0. The molecule has 3 atom stereocenters. The highest BCUT2D eigenvalue weighted by Crippen LogP contribution is 2.45. The zero-order valence-electron chi connectivity index (χ0n) is 13.8. The fraction of sp³-hybridized carbons (Fsp3) is 1.00. The molecule has 126 valence electrons. The van der Waals surface area contributed by atoms with Crippen molar-refractivity contribution in [3.63, 3.8) is 0 Å². The Morgan fingerprint density at radius 1 is 0.909 bits per heavy atom. The SMILES string of the molecule is C1CCC2C(C1)CCNC2(N1CCOCC1)N1CCSCC1. The van der Waals surface area contributed by atoms with E-state index >= 15 is 0 Å². The largest absolute Gasteiger partial charge is 0.379 e. The lowest BCUT2D eigenvalue weighted by atomic mass is 9.70. The maximum atomic E-state index is 5.67. The van der Waals surface area contributed by atoms with Gasteiger partial charge in [-0.15, -0.1) is 0 Å². The molecule has 22 heavy (non-hydrogen) atoms. The Balaban J connectivity index is 1.66. The number of thioether (sulfide) groups is 1. The number of piperidine rings is 1. The van der Waals surface area contributed by atoms with E-state index in [0.717, 1.165) is 38.1 Å². The van der Waals surface area contributed by atoms with Gasteiger partial charge in [-0.05, 0) is 31.7 Å². The number of hydrogen-bond acceptors (Lipinski definition) is 5. The number of nitrogens with zero attached hydrogens (tertiary/aromatic N) is 2. The molecule has 0 aromatic heterocycles. The summed E-state index contributed by atoms with van der Waals surface area (Å²) in [4.78, 5) is 5.58. The van der Waals surface area contributed by atoms with Crippen LogP contribution in [0.3, 0.4) is 0 Å². The van der Waals surface area contributed by atoms with Crippen LogP contribution < -0.4 is 5.32 Å². The van der Waals surface area contributed by atoms with E-state index in [1.54, 1.807) is 0 Å². The monoisotopic (exact) mass is 325 g/mol. The van der Waals surface area contributed by atoms with Gasteiger partial charge in [-0.25, -0.2) is 0 Å². The average molecular weight is 326 g/mol. The molecule has 0 bridgehead atoms. The Morgan fingerprint density at radius 2 is 1.64 bits per heavy atom. The third-order valence-electron chi connectivity index (χ3n) is 6.31. The highest BCUT2D eigenvalue weighted by Gasteiger charge is 2.53. The molecule has 0 amide bonds. The average Bonchev–Trinajstić information content (AvgIpc) is 2.63. The second kappa shape index (κ2) is 6.98. The highest BCUT2D eigenvalue weighted by atomic mass is 32.2. The van der Waals surface area contributed by atoms with Gasteiger partial charge < -0.3 is 4.74 Å². The summed E-state index contributed by atoms with van der Waals surface area (Å²) in [6.45, 7) is 7.70. The molecule has 0 spiro atoms. The van der Waals surface area contributed by atoms with Crippen molar-refractivity contribution in [1.82, 2.24) is 15.1 Å². The fourth-order valence-corrected chi connectivity index (χ4v) is 6.26. The van der Waals surface area contributed by atoms with Gasteiger partial charge in [0, 0.05) is 43.6 Å². The molecular formula is C17H31N3OS. The fourth-order valence-electron chi connectivity index (χ4n) is 5.36. The Kier molecular flexibility index (Phi) is 4.98. The highest BCUT2D eigenvalue weighted by molar-refractivity contribution is 7.99. The van der Waals surface area contributed by atoms with Crippen LogP contribution in [0, 0.1) is 11.8 Å². The molecule has 3 saturated heterocycles. The van der Waals surface area contributed by atoms with Gasteiger partial charge >= 0.3 is 0 Å². The van der Waals surface area contributed by atoms with Crippen molar-refractivity contribution < 1.29 is 4.74 Å². The molecule has 3 unspecified atom stereocenters. The second-order valence-corrected chi connectivity index (χ2v) is 8.52. The molecule has 4 rings (SSSR count). The van der Waals surface area contributed by atoms with Crippen LogP contribution in [0.25, 0.3) is 0 Å². The van der Waals surface area contributed by atoms with Gasteiger partial charge in [0.1, 0.15) is 5.79 Å². The van der Waals surface area contributed by atoms with Crippen LogP contribution in [-0.4, -0.2) is 73.0 Å². The van der Waals surface area contributed by atoms with Crippen LogP contribution in [0.4, 0.5) is 0 Å². The summed E-state index contributed by atoms with van der Waals surface area (Å²) in [5.41, 5.74) is 0.